The van der Waals surface area contributed by atoms with Gasteiger partial charge in [0.2, 0.25) is 5.88 Å². The van der Waals surface area contributed by atoms with Crippen LogP contribution in [0.1, 0.15) is 12.8 Å². The average Bonchev–Trinajstić information content (AvgIpc) is 2.48. The van der Waals surface area contributed by atoms with E-state index < -0.39 is 10.2 Å². The molecule has 0 saturated carbocycles. The van der Waals surface area contributed by atoms with Gasteiger partial charge in [-0.05, 0) is 31.4 Å². The number of aromatic nitrogens is 1. The Hall–Kier alpha value is -1.38. The number of ether oxygens (including phenoxy) is 1. The van der Waals surface area contributed by atoms with E-state index in [1.807, 2.05) is 0 Å². The number of nitrogens with two attached hydrogens (primary N) is 1. The number of nitrogens with one attached hydrogen (secondary N) is 1. The first kappa shape index (κ1) is 15.0. The molecule has 3 N–H and O–H groups in total. The molecular weight excluding hydrogens is 280 g/mol. The zero-order chi connectivity index (χ0) is 14.6. The van der Waals surface area contributed by atoms with Crippen LogP contribution < -0.4 is 15.2 Å². The summed E-state index contributed by atoms with van der Waals surface area (Å²) in [5.41, 5.74) is 6.04. The van der Waals surface area contributed by atoms with Crippen LogP contribution in [0.15, 0.2) is 18.3 Å². The Morgan fingerprint density at radius 3 is 2.95 bits per heavy atom. The summed E-state index contributed by atoms with van der Waals surface area (Å²) in [5, 5.41) is 0. The van der Waals surface area contributed by atoms with Crippen LogP contribution in [0.25, 0.3) is 0 Å². The molecule has 0 aliphatic carbocycles. The minimum absolute atomic E-state index is 0.231. The van der Waals surface area contributed by atoms with Crippen LogP contribution in [0.2, 0.25) is 0 Å². The fourth-order valence-electron chi connectivity index (χ4n) is 2.21. The third-order valence-electron chi connectivity index (χ3n) is 3.35. The van der Waals surface area contributed by atoms with Gasteiger partial charge in [0.1, 0.15) is 0 Å². The summed E-state index contributed by atoms with van der Waals surface area (Å²) in [4.78, 5) is 3.97. The van der Waals surface area contributed by atoms with Crippen LogP contribution in [0.5, 0.6) is 5.88 Å². The molecule has 2 rings (SSSR count). The average molecular weight is 300 g/mol. The molecule has 0 spiro atoms. The molecule has 0 radical (unpaired) electrons. The second-order valence-corrected chi connectivity index (χ2v) is 6.47. The summed E-state index contributed by atoms with van der Waals surface area (Å²) < 4.78 is 33.5. The number of nitrogens with zero attached hydrogens (tertiary/aromatic N) is 2. The summed E-state index contributed by atoms with van der Waals surface area (Å²) in [5.74, 6) is 0.670. The molecule has 1 unspecified atom stereocenters. The van der Waals surface area contributed by atoms with Crippen molar-refractivity contribution in [2.24, 2.45) is 11.7 Å². The summed E-state index contributed by atoms with van der Waals surface area (Å²) in [6, 6.07) is 3.23. The molecule has 112 valence electrons. The van der Waals surface area contributed by atoms with Gasteiger partial charge >= 0.3 is 10.2 Å². The van der Waals surface area contributed by atoms with Gasteiger partial charge in [-0.25, -0.2) is 4.98 Å². The molecule has 1 fully saturated rings. The van der Waals surface area contributed by atoms with E-state index >= 15 is 0 Å². The van der Waals surface area contributed by atoms with Crippen molar-refractivity contribution in [1.82, 2.24) is 9.29 Å². The first-order chi connectivity index (χ1) is 9.55. The van der Waals surface area contributed by atoms with E-state index in [1.54, 1.807) is 12.1 Å². The van der Waals surface area contributed by atoms with Crippen LogP contribution in [0.4, 0.5) is 5.69 Å². The van der Waals surface area contributed by atoms with Crippen molar-refractivity contribution >= 4 is 15.9 Å². The lowest BCUT2D eigenvalue weighted by molar-refractivity contribution is 0.273. The highest BCUT2D eigenvalue weighted by Gasteiger charge is 2.28. The summed E-state index contributed by atoms with van der Waals surface area (Å²) in [6.07, 6.45) is 3.25. The van der Waals surface area contributed by atoms with Crippen molar-refractivity contribution in [2.75, 3.05) is 31.5 Å². The SMILES string of the molecule is COc1ccc(NS(=O)(=O)N2CCCC(CN)C2)cn1. The number of hydrogen-bond acceptors (Lipinski definition) is 5. The smallest absolute Gasteiger partial charge is 0.301 e. The minimum atomic E-state index is -3.55. The molecule has 0 amide bonds. The summed E-state index contributed by atoms with van der Waals surface area (Å²) in [6.45, 7) is 1.50. The molecule has 1 saturated heterocycles. The van der Waals surface area contributed by atoms with Gasteiger partial charge in [-0.3, -0.25) is 4.72 Å². The van der Waals surface area contributed by atoms with Crippen molar-refractivity contribution in [3.63, 3.8) is 0 Å². The van der Waals surface area contributed by atoms with Crippen LogP contribution in [0.3, 0.4) is 0 Å². The quantitative estimate of drug-likeness (QED) is 0.821. The molecular formula is C12H20N4O3S. The maximum absolute atomic E-state index is 12.3. The Morgan fingerprint density at radius 2 is 2.35 bits per heavy atom. The number of anilines is 1. The van der Waals surface area contributed by atoms with Crippen LogP contribution in [-0.4, -0.2) is 44.5 Å². The summed E-state index contributed by atoms with van der Waals surface area (Å²) >= 11 is 0. The van der Waals surface area contributed by atoms with Gasteiger partial charge in [-0.15, -0.1) is 0 Å². The minimum Gasteiger partial charge on any atom is -0.481 e. The second-order valence-electron chi connectivity index (χ2n) is 4.80. The highest BCUT2D eigenvalue weighted by Crippen LogP contribution is 2.20. The molecule has 2 heterocycles. The Morgan fingerprint density at radius 1 is 1.55 bits per heavy atom. The highest BCUT2D eigenvalue weighted by molar-refractivity contribution is 7.90. The largest absolute Gasteiger partial charge is 0.481 e. The topological polar surface area (TPSA) is 97.5 Å². The van der Waals surface area contributed by atoms with Crippen molar-refractivity contribution < 1.29 is 13.2 Å². The van der Waals surface area contributed by atoms with E-state index in [0.29, 0.717) is 31.2 Å². The Kier molecular flexibility index (Phi) is 4.79. The molecule has 0 aromatic carbocycles. The summed E-state index contributed by atoms with van der Waals surface area (Å²) in [7, 11) is -2.05. The molecule has 20 heavy (non-hydrogen) atoms. The van der Waals surface area contributed by atoms with E-state index in [9.17, 15) is 8.42 Å². The van der Waals surface area contributed by atoms with Crippen LogP contribution >= 0.6 is 0 Å². The lowest BCUT2D eigenvalue weighted by atomic mass is 10.0. The number of piperidine rings is 1. The maximum atomic E-state index is 12.3. The van der Waals surface area contributed by atoms with Gasteiger partial charge in [0, 0.05) is 19.2 Å². The van der Waals surface area contributed by atoms with Gasteiger partial charge in [0.15, 0.2) is 0 Å². The molecule has 1 aliphatic rings. The predicted molar refractivity (Wildman–Crippen MR) is 76.7 cm³/mol. The maximum Gasteiger partial charge on any atom is 0.301 e. The highest BCUT2D eigenvalue weighted by atomic mass is 32.2. The molecule has 1 atom stereocenters. The zero-order valence-electron chi connectivity index (χ0n) is 11.4. The van der Waals surface area contributed by atoms with Crippen LogP contribution in [0, 0.1) is 5.92 Å². The van der Waals surface area contributed by atoms with Crippen molar-refractivity contribution in [1.29, 1.82) is 0 Å². The van der Waals surface area contributed by atoms with Gasteiger partial charge in [-0.2, -0.15) is 12.7 Å². The standard InChI is InChI=1S/C12H20N4O3S/c1-19-12-5-4-11(8-14-12)15-20(17,18)16-6-2-3-10(7-13)9-16/h4-5,8,10,15H,2-3,6-7,9,13H2,1H3. The second kappa shape index (κ2) is 6.38. The molecule has 1 aliphatic heterocycles. The zero-order valence-corrected chi connectivity index (χ0v) is 12.3. The number of rotatable bonds is 5. The first-order valence-corrected chi connectivity index (χ1v) is 7.97. The lowest BCUT2D eigenvalue weighted by Gasteiger charge is -2.31. The van der Waals surface area contributed by atoms with Gasteiger partial charge < -0.3 is 10.5 Å². The molecule has 1 aromatic rings. The number of hydrogen-bond donors (Lipinski definition) is 2. The normalized spacial score (nSPS) is 20.6. The molecule has 1 aromatic heterocycles. The Labute approximate surface area is 119 Å². The first-order valence-electron chi connectivity index (χ1n) is 6.53. The van der Waals surface area contributed by atoms with Gasteiger partial charge in [-0.1, -0.05) is 0 Å². The lowest BCUT2D eigenvalue weighted by Crippen LogP contribution is -2.44. The van der Waals surface area contributed by atoms with E-state index in [-0.39, 0.29) is 5.92 Å². The predicted octanol–water partition coefficient (Wildman–Crippen LogP) is 0.418. The van der Waals surface area contributed by atoms with Crippen molar-refractivity contribution in [3.8, 4) is 5.88 Å². The molecule has 8 heteroatoms. The van der Waals surface area contributed by atoms with Crippen molar-refractivity contribution in [3.05, 3.63) is 18.3 Å². The fraction of sp³-hybridized carbons (Fsp3) is 0.583. The van der Waals surface area contributed by atoms with Gasteiger partial charge in [0.05, 0.1) is 19.0 Å². The van der Waals surface area contributed by atoms with Gasteiger partial charge in [0.25, 0.3) is 0 Å². The third-order valence-corrected chi connectivity index (χ3v) is 4.85. The monoisotopic (exact) mass is 300 g/mol. The van der Waals surface area contributed by atoms with E-state index in [2.05, 4.69) is 9.71 Å². The Balaban J connectivity index is 2.05. The van der Waals surface area contributed by atoms with E-state index in [0.717, 1.165) is 12.8 Å². The third kappa shape index (κ3) is 3.59. The van der Waals surface area contributed by atoms with E-state index in [1.165, 1.54) is 17.6 Å². The van der Waals surface area contributed by atoms with Crippen molar-refractivity contribution in [2.45, 2.75) is 12.8 Å². The van der Waals surface area contributed by atoms with E-state index in [4.69, 9.17) is 10.5 Å². The molecule has 7 nitrogen and oxygen atoms in total. The molecule has 0 bridgehead atoms. The number of methoxy groups -OCH3 is 1. The van der Waals surface area contributed by atoms with Crippen LogP contribution in [-0.2, 0) is 10.2 Å². The number of pyridine rings is 1. The fourth-order valence-corrected chi connectivity index (χ4v) is 3.54. The Bertz CT molecular complexity index is 532.